The van der Waals surface area contributed by atoms with Gasteiger partial charge in [0.25, 0.3) is 5.91 Å². The van der Waals surface area contributed by atoms with Crippen LogP contribution in [0.5, 0.6) is 5.75 Å². The first-order valence-corrected chi connectivity index (χ1v) is 6.40. The van der Waals surface area contributed by atoms with Crippen molar-refractivity contribution < 1.29 is 13.9 Å². The highest BCUT2D eigenvalue weighted by atomic mass is 16.5. The maximum Gasteiger partial charge on any atom is 0.287 e. The second kappa shape index (κ2) is 5.34. The van der Waals surface area contributed by atoms with Gasteiger partial charge in [0.2, 0.25) is 0 Å². The number of furan rings is 1. The first kappa shape index (κ1) is 13.5. The molecule has 0 aliphatic rings. The van der Waals surface area contributed by atoms with Crippen LogP contribution >= 0.6 is 0 Å². The molecule has 1 N–H and O–H groups in total. The van der Waals surface area contributed by atoms with Gasteiger partial charge in [-0.25, -0.2) is 0 Å². The second-order valence-electron chi connectivity index (χ2n) is 5.00. The molecule has 1 atom stereocenters. The lowest BCUT2D eigenvalue weighted by atomic mass is 10.1. The quantitative estimate of drug-likeness (QED) is 0.919. The number of benzene rings is 1. The Morgan fingerprint density at radius 2 is 2.05 bits per heavy atom. The molecule has 0 fully saturated rings. The predicted molar refractivity (Wildman–Crippen MR) is 74.5 cm³/mol. The van der Waals surface area contributed by atoms with Crippen LogP contribution in [0.1, 0.15) is 31.3 Å². The minimum atomic E-state index is -0.195. The molecule has 1 amide bonds. The maximum absolute atomic E-state index is 12.1. The molecule has 0 aliphatic carbocycles. The van der Waals surface area contributed by atoms with Gasteiger partial charge in [-0.2, -0.15) is 0 Å². The fourth-order valence-corrected chi connectivity index (χ4v) is 1.75. The number of methoxy groups -OCH3 is 1. The molecule has 2 rings (SSSR count). The molecule has 2 aromatic rings. The molecule has 0 saturated heterocycles. The van der Waals surface area contributed by atoms with E-state index in [0.29, 0.717) is 23.0 Å². The van der Waals surface area contributed by atoms with Crippen LogP contribution in [0, 0.1) is 5.92 Å². The van der Waals surface area contributed by atoms with Crippen LogP contribution in [-0.4, -0.2) is 19.1 Å². The Morgan fingerprint density at radius 1 is 1.32 bits per heavy atom. The van der Waals surface area contributed by atoms with Gasteiger partial charge >= 0.3 is 0 Å². The van der Waals surface area contributed by atoms with Gasteiger partial charge in [-0.15, -0.1) is 0 Å². The number of amides is 1. The number of ether oxygens (including phenoxy) is 1. The number of fused-ring (bicyclic) bond motifs is 1. The zero-order valence-corrected chi connectivity index (χ0v) is 11.7. The first-order chi connectivity index (χ1) is 9.02. The third kappa shape index (κ3) is 2.72. The van der Waals surface area contributed by atoms with Crippen molar-refractivity contribution in [2.75, 3.05) is 7.11 Å². The summed E-state index contributed by atoms with van der Waals surface area (Å²) in [7, 11) is 1.58. The van der Waals surface area contributed by atoms with Gasteiger partial charge in [0.1, 0.15) is 0 Å². The zero-order valence-electron chi connectivity index (χ0n) is 11.7. The molecule has 1 unspecified atom stereocenters. The fraction of sp³-hybridized carbons (Fsp3) is 0.400. The number of carbonyl (C=O) groups is 1. The van der Waals surface area contributed by atoms with Crippen LogP contribution in [0.3, 0.4) is 0 Å². The topological polar surface area (TPSA) is 51.5 Å². The van der Waals surface area contributed by atoms with Crippen molar-refractivity contribution in [1.82, 2.24) is 5.32 Å². The van der Waals surface area contributed by atoms with E-state index in [1.54, 1.807) is 13.2 Å². The summed E-state index contributed by atoms with van der Waals surface area (Å²) in [4.78, 5) is 12.1. The average Bonchev–Trinajstić information content (AvgIpc) is 2.82. The summed E-state index contributed by atoms with van der Waals surface area (Å²) >= 11 is 0. The van der Waals surface area contributed by atoms with E-state index in [2.05, 4.69) is 19.2 Å². The third-order valence-corrected chi connectivity index (χ3v) is 3.31. The zero-order chi connectivity index (χ0) is 14.0. The van der Waals surface area contributed by atoms with Crippen LogP contribution in [0.25, 0.3) is 11.0 Å². The highest BCUT2D eigenvalue weighted by Crippen LogP contribution is 2.28. The van der Waals surface area contributed by atoms with Crippen molar-refractivity contribution >= 4 is 16.9 Å². The number of nitrogens with one attached hydrogen (secondary N) is 1. The van der Waals surface area contributed by atoms with Gasteiger partial charge in [-0.3, -0.25) is 4.79 Å². The first-order valence-electron chi connectivity index (χ1n) is 6.40. The van der Waals surface area contributed by atoms with Crippen molar-refractivity contribution in [3.8, 4) is 5.75 Å². The van der Waals surface area contributed by atoms with Crippen molar-refractivity contribution in [2.24, 2.45) is 5.92 Å². The molecule has 4 heteroatoms. The van der Waals surface area contributed by atoms with E-state index >= 15 is 0 Å². The molecule has 19 heavy (non-hydrogen) atoms. The summed E-state index contributed by atoms with van der Waals surface area (Å²) in [5.74, 6) is 1.13. The number of rotatable bonds is 4. The minimum Gasteiger partial charge on any atom is -0.493 e. The van der Waals surface area contributed by atoms with Gasteiger partial charge in [-0.05, 0) is 25.0 Å². The third-order valence-electron chi connectivity index (χ3n) is 3.31. The van der Waals surface area contributed by atoms with Crippen LogP contribution in [0.2, 0.25) is 0 Å². The molecule has 102 valence electrons. The van der Waals surface area contributed by atoms with Gasteiger partial charge in [0.15, 0.2) is 17.1 Å². The second-order valence-corrected chi connectivity index (χ2v) is 5.00. The number of hydrogen-bond donors (Lipinski definition) is 1. The number of hydrogen-bond acceptors (Lipinski definition) is 3. The average molecular weight is 261 g/mol. The Morgan fingerprint density at radius 3 is 2.68 bits per heavy atom. The van der Waals surface area contributed by atoms with Gasteiger partial charge < -0.3 is 14.5 Å². The van der Waals surface area contributed by atoms with Crippen molar-refractivity contribution in [3.05, 3.63) is 30.0 Å². The Hall–Kier alpha value is -1.97. The Kier molecular flexibility index (Phi) is 3.79. The summed E-state index contributed by atoms with van der Waals surface area (Å²) in [6, 6.07) is 7.41. The number of para-hydroxylation sites is 1. The van der Waals surface area contributed by atoms with Gasteiger partial charge in [0.05, 0.1) is 7.11 Å². The largest absolute Gasteiger partial charge is 0.493 e. The van der Waals surface area contributed by atoms with Crippen LogP contribution in [0.15, 0.2) is 28.7 Å². The van der Waals surface area contributed by atoms with Crippen molar-refractivity contribution in [1.29, 1.82) is 0 Å². The Bertz CT molecular complexity index is 586. The number of carbonyl (C=O) groups excluding carboxylic acids is 1. The van der Waals surface area contributed by atoms with Crippen molar-refractivity contribution in [2.45, 2.75) is 26.8 Å². The highest BCUT2D eigenvalue weighted by Gasteiger charge is 2.17. The molecule has 1 heterocycles. The normalized spacial score (nSPS) is 12.7. The maximum atomic E-state index is 12.1. The van der Waals surface area contributed by atoms with Crippen LogP contribution < -0.4 is 10.1 Å². The van der Waals surface area contributed by atoms with E-state index in [1.807, 2.05) is 25.1 Å². The molecule has 0 radical (unpaired) electrons. The van der Waals surface area contributed by atoms with Crippen molar-refractivity contribution in [3.63, 3.8) is 0 Å². The molecule has 0 saturated carbocycles. The van der Waals surface area contributed by atoms with Gasteiger partial charge in [-0.1, -0.05) is 26.0 Å². The Labute approximate surface area is 112 Å². The van der Waals surface area contributed by atoms with E-state index in [4.69, 9.17) is 9.15 Å². The monoisotopic (exact) mass is 261 g/mol. The summed E-state index contributed by atoms with van der Waals surface area (Å²) < 4.78 is 10.8. The molecule has 1 aromatic heterocycles. The van der Waals surface area contributed by atoms with E-state index in [0.717, 1.165) is 5.39 Å². The summed E-state index contributed by atoms with van der Waals surface area (Å²) in [6.45, 7) is 6.10. The molecular formula is C15H19NO3. The SMILES string of the molecule is COc1cccc2cc(C(=O)NC(C)C(C)C)oc12. The lowest BCUT2D eigenvalue weighted by Crippen LogP contribution is -2.35. The lowest BCUT2D eigenvalue weighted by Gasteiger charge is -2.16. The molecule has 0 spiro atoms. The van der Waals surface area contributed by atoms with E-state index in [-0.39, 0.29) is 11.9 Å². The fourth-order valence-electron chi connectivity index (χ4n) is 1.75. The smallest absolute Gasteiger partial charge is 0.287 e. The molecule has 0 bridgehead atoms. The van der Waals surface area contributed by atoms with Gasteiger partial charge in [0, 0.05) is 11.4 Å². The van der Waals surface area contributed by atoms with Crippen LogP contribution in [0.4, 0.5) is 0 Å². The Balaban J connectivity index is 2.28. The highest BCUT2D eigenvalue weighted by molar-refractivity contribution is 5.97. The lowest BCUT2D eigenvalue weighted by molar-refractivity contribution is 0.0904. The van der Waals surface area contributed by atoms with E-state index in [9.17, 15) is 4.79 Å². The molecule has 1 aromatic carbocycles. The van der Waals surface area contributed by atoms with E-state index < -0.39 is 0 Å². The van der Waals surface area contributed by atoms with Crippen LogP contribution in [-0.2, 0) is 0 Å². The standard InChI is InChI=1S/C15H19NO3/c1-9(2)10(3)16-15(17)13-8-11-6-5-7-12(18-4)14(11)19-13/h5-10H,1-4H3,(H,16,17). The molecule has 4 nitrogen and oxygen atoms in total. The molecule has 0 aliphatic heterocycles. The summed E-state index contributed by atoms with van der Waals surface area (Å²) in [5, 5.41) is 3.78. The minimum absolute atomic E-state index is 0.0996. The predicted octanol–water partition coefficient (Wildman–Crippen LogP) is 3.22. The summed E-state index contributed by atoms with van der Waals surface area (Å²) in [5.41, 5.74) is 0.604. The summed E-state index contributed by atoms with van der Waals surface area (Å²) in [6.07, 6.45) is 0. The van der Waals surface area contributed by atoms with E-state index in [1.165, 1.54) is 0 Å². The molecular weight excluding hydrogens is 242 g/mol.